The Morgan fingerprint density at radius 3 is 2.58 bits per heavy atom. The molecule has 2 aliphatic rings. The van der Waals surface area contributed by atoms with E-state index in [0.717, 1.165) is 11.3 Å². The maximum Gasteiger partial charge on any atom is 0.328 e. The minimum atomic E-state index is -1.12. The molecule has 0 spiro atoms. The number of nitrogens with zero attached hydrogens (tertiary/aromatic N) is 1. The van der Waals surface area contributed by atoms with Crippen LogP contribution < -0.4 is 10.4 Å². The van der Waals surface area contributed by atoms with Crippen molar-refractivity contribution in [1.82, 2.24) is 5.32 Å². The summed E-state index contributed by atoms with van der Waals surface area (Å²) in [4.78, 5) is 54.7. The number of anilines is 1. The Morgan fingerprint density at radius 2 is 1.92 bits per heavy atom. The van der Waals surface area contributed by atoms with E-state index in [4.69, 9.17) is 14.3 Å². The molecule has 1 amide bonds. The molecule has 0 bridgehead atoms. The number of aliphatic carboxylic acids is 1. The number of nitrogens with one attached hydrogen (secondary N) is 1. The Morgan fingerprint density at radius 1 is 1.14 bits per heavy atom. The van der Waals surface area contributed by atoms with Gasteiger partial charge in [0, 0.05) is 18.5 Å². The zero-order valence-corrected chi connectivity index (χ0v) is 20.5. The molecule has 1 aliphatic carbocycles. The van der Waals surface area contributed by atoms with E-state index in [1.807, 2.05) is 6.08 Å². The lowest BCUT2D eigenvalue weighted by molar-refractivity contribution is -0.150. The lowest BCUT2D eigenvalue weighted by Gasteiger charge is -2.29. The predicted octanol–water partition coefficient (Wildman–Crippen LogP) is 2.57. The predicted molar refractivity (Wildman–Crippen MR) is 130 cm³/mol. The van der Waals surface area contributed by atoms with Crippen LogP contribution in [0.5, 0.6) is 0 Å². The van der Waals surface area contributed by atoms with Crippen molar-refractivity contribution in [1.29, 1.82) is 0 Å². The minimum absolute atomic E-state index is 0.0213. The second-order valence-corrected chi connectivity index (χ2v) is 8.54. The van der Waals surface area contributed by atoms with Crippen molar-refractivity contribution in [2.45, 2.75) is 45.6 Å². The highest BCUT2D eigenvalue weighted by Crippen LogP contribution is 2.33. The number of allylic oxidation sites excluding steroid dienone is 3. The van der Waals surface area contributed by atoms with Crippen molar-refractivity contribution in [2.24, 2.45) is 5.41 Å². The summed E-state index contributed by atoms with van der Waals surface area (Å²) < 4.78 is 9.94. The number of hydroxylamine groups is 1. The molecule has 2 N–H and O–H groups in total. The molecular weight excluding hydrogens is 468 g/mol. The molecule has 0 saturated heterocycles. The maximum atomic E-state index is 12.9. The monoisotopic (exact) mass is 500 g/mol. The lowest BCUT2D eigenvalue weighted by Crippen LogP contribution is -2.42. The second-order valence-electron chi connectivity index (χ2n) is 8.54. The molecule has 1 unspecified atom stereocenters. The van der Waals surface area contributed by atoms with E-state index in [-0.39, 0.29) is 32.7 Å². The van der Waals surface area contributed by atoms with Crippen LogP contribution in [0.1, 0.15) is 49.0 Å². The average molecular weight is 501 g/mol. The highest BCUT2D eigenvalue weighted by Gasteiger charge is 2.38. The van der Waals surface area contributed by atoms with Crippen LogP contribution >= 0.6 is 0 Å². The molecule has 0 radical (unpaired) electrons. The number of carbonyl (C=O) groups excluding carboxylic acids is 3. The van der Waals surface area contributed by atoms with Crippen LogP contribution in [0, 0.1) is 5.41 Å². The number of carboxylic acid groups (broad SMARTS) is 1. The first-order chi connectivity index (χ1) is 17.3. The largest absolute Gasteiger partial charge is 0.481 e. The van der Waals surface area contributed by atoms with E-state index in [9.17, 15) is 24.3 Å². The Bertz CT molecular complexity index is 1050. The molecule has 10 nitrogen and oxygen atoms in total. The Hall–Kier alpha value is -3.66. The SMILES string of the molecule is CCOC(=O)CC[C@H](NC(=O)c1ccc2c(c1)CCN2OCC1(C(=O)O)C=CC=CC1)C(=O)OCC. The standard InChI is InChI=1S/C26H32N2O8/c1-3-34-22(29)11-9-20(24(31)35-4-2)27-23(30)19-8-10-21-18(16-19)12-15-28(21)36-17-26(25(32)33)13-6-5-7-14-26/h5-8,10,13,16,20H,3-4,9,11-12,14-15,17H2,1-2H3,(H,27,30)(H,32,33)/t20-,26?/m0/s1. The van der Waals surface area contributed by atoms with Gasteiger partial charge >= 0.3 is 17.9 Å². The fourth-order valence-corrected chi connectivity index (χ4v) is 4.06. The van der Waals surface area contributed by atoms with Gasteiger partial charge in [0.2, 0.25) is 0 Å². The molecule has 0 aromatic heterocycles. The van der Waals surface area contributed by atoms with E-state index < -0.39 is 35.3 Å². The Labute approximate surface area is 209 Å². The number of esters is 2. The smallest absolute Gasteiger partial charge is 0.328 e. The number of benzene rings is 1. The van der Waals surface area contributed by atoms with Gasteiger partial charge < -0.3 is 19.9 Å². The summed E-state index contributed by atoms with van der Waals surface area (Å²) in [5.41, 5.74) is 0.851. The zero-order chi connectivity index (χ0) is 26.1. The number of ether oxygens (including phenoxy) is 2. The topological polar surface area (TPSA) is 131 Å². The molecule has 1 aromatic carbocycles. The van der Waals surface area contributed by atoms with Gasteiger partial charge in [-0.3, -0.25) is 24.3 Å². The van der Waals surface area contributed by atoms with Gasteiger partial charge in [0.1, 0.15) is 11.5 Å². The highest BCUT2D eigenvalue weighted by atomic mass is 16.7. The summed E-state index contributed by atoms with van der Waals surface area (Å²) in [7, 11) is 0. The van der Waals surface area contributed by atoms with Crippen molar-refractivity contribution in [2.75, 3.05) is 31.4 Å². The van der Waals surface area contributed by atoms with Gasteiger partial charge in [-0.25, -0.2) is 4.79 Å². The van der Waals surface area contributed by atoms with E-state index in [0.29, 0.717) is 24.9 Å². The highest BCUT2D eigenvalue weighted by molar-refractivity contribution is 5.97. The zero-order valence-electron chi connectivity index (χ0n) is 20.5. The molecule has 194 valence electrons. The molecular formula is C26H32N2O8. The van der Waals surface area contributed by atoms with Crippen LogP contribution in [0.3, 0.4) is 0 Å². The van der Waals surface area contributed by atoms with Gasteiger partial charge in [0.25, 0.3) is 5.91 Å². The van der Waals surface area contributed by atoms with E-state index in [1.54, 1.807) is 55.3 Å². The summed E-state index contributed by atoms with van der Waals surface area (Å²) in [5, 5.41) is 14.0. The molecule has 3 rings (SSSR count). The van der Waals surface area contributed by atoms with Crippen LogP contribution in [0.15, 0.2) is 42.5 Å². The van der Waals surface area contributed by atoms with Gasteiger partial charge in [-0.05, 0) is 56.9 Å². The first-order valence-electron chi connectivity index (χ1n) is 12.0. The molecule has 10 heteroatoms. The molecule has 0 saturated carbocycles. The van der Waals surface area contributed by atoms with Gasteiger partial charge in [0.15, 0.2) is 0 Å². The lowest BCUT2D eigenvalue weighted by atomic mass is 9.82. The molecule has 36 heavy (non-hydrogen) atoms. The Kier molecular flexibility index (Phi) is 9.24. The number of carboxylic acids is 1. The average Bonchev–Trinajstić information content (AvgIpc) is 3.28. The number of hydrogen-bond donors (Lipinski definition) is 2. The normalized spacial score (nSPS) is 18.9. The van der Waals surface area contributed by atoms with E-state index >= 15 is 0 Å². The number of hydrogen-bond acceptors (Lipinski definition) is 8. The Balaban J connectivity index is 1.65. The third kappa shape index (κ3) is 6.51. The quantitative estimate of drug-likeness (QED) is 0.416. The maximum absolute atomic E-state index is 12.9. The van der Waals surface area contributed by atoms with Crippen LogP contribution in [0.25, 0.3) is 0 Å². The summed E-state index contributed by atoms with van der Waals surface area (Å²) >= 11 is 0. The van der Waals surface area contributed by atoms with Crippen molar-refractivity contribution >= 4 is 29.5 Å². The fourth-order valence-electron chi connectivity index (χ4n) is 4.06. The molecule has 1 aromatic rings. The first kappa shape index (κ1) is 26.9. The summed E-state index contributed by atoms with van der Waals surface area (Å²) in [6.07, 6.45) is 7.94. The van der Waals surface area contributed by atoms with Gasteiger partial charge in [-0.2, -0.15) is 0 Å². The van der Waals surface area contributed by atoms with Crippen LogP contribution in [0.2, 0.25) is 0 Å². The van der Waals surface area contributed by atoms with Crippen LogP contribution in [-0.2, 0) is 35.1 Å². The molecule has 1 aliphatic heterocycles. The first-order valence-corrected chi connectivity index (χ1v) is 12.0. The number of rotatable bonds is 12. The minimum Gasteiger partial charge on any atom is -0.481 e. The van der Waals surface area contributed by atoms with E-state index in [2.05, 4.69) is 5.32 Å². The van der Waals surface area contributed by atoms with Crippen molar-refractivity contribution in [3.05, 3.63) is 53.6 Å². The van der Waals surface area contributed by atoms with Crippen LogP contribution in [-0.4, -0.2) is 61.3 Å². The number of amides is 1. The van der Waals surface area contributed by atoms with Gasteiger partial charge in [0.05, 0.1) is 25.5 Å². The number of carbonyl (C=O) groups is 4. The fraction of sp³-hybridized carbons (Fsp3) is 0.462. The second kappa shape index (κ2) is 12.3. The van der Waals surface area contributed by atoms with Gasteiger partial charge in [-0.1, -0.05) is 24.3 Å². The molecule has 0 fully saturated rings. The summed E-state index contributed by atoms with van der Waals surface area (Å²) in [6.45, 7) is 4.23. The van der Waals surface area contributed by atoms with Crippen LogP contribution in [0.4, 0.5) is 5.69 Å². The third-order valence-electron chi connectivity index (χ3n) is 6.06. The van der Waals surface area contributed by atoms with E-state index in [1.165, 1.54) is 0 Å². The molecule has 2 atom stereocenters. The van der Waals surface area contributed by atoms with Gasteiger partial charge in [-0.15, -0.1) is 0 Å². The number of fused-ring (bicyclic) bond motifs is 1. The van der Waals surface area contributed by atoms with Crippen molar-refractivity contribution < 1.29 is 38.6 Å². The summed E-state index contributed by atoms with van der Waals surface area (Å²) in [6, 6.07) is 4.08. The van der Waals surface area contributed by atoms with Crippen molar-refractivity contribution in [3.63, 3.8) is 0 Å². The van der Waals surface area contributed by atoms with Crippen molar-refractivity contribution in [3.8, 4) is 0 Å². The summed E-state index contributed by atoms with van der Waals surface area (Å²) in [5.74, 6) is -2.49. The third-order valence-corrected chi connectivity index (χ3v) is 6.06. The molecule has 1 heterocycles.